The Balaban J connectivity index is 2.45. The molecule has 0 heterocycles. The lowest BCUT2D eigenvalue weighted by atomic mass is 9.96. The molecular weight excluding hydrogens is 240 g/mol. The highest BCUT2D eigenvalue weighted by Crippen LogP contribution is 2.39. The van der Waals surface area contributed by atoms with E-state index in [2.05, 4.69) is 10.6 Å². The Kier molecular flexibility index (Phi) is 4.68. The van der Waals surface area contributed by atoms with Crippen LogP contribution in [-0.2, 0) is 4.79 Å². The summed E-state index contributed by atoms with van der Waals surface area (Å²) in [6, 6.07) is -0.400. The van der Waals surface area contributed by atoms with Crippen LogP contribution >= 0.6 is 11.8 Å². The number of rotatable bonds is 6. The second-order valence-electron chi connectivity index (χ2n) is 4.66. The zero-order chi connectivity index (χ0) is 13.1. The van der Waals surface area contributed by atoms with Gasteiger partial charge in [0.1, 0.15) is 5.54 Å². The molecule has 1 aliphatic carbocycles. The summed E-state index contributed by atoms with van der Waals surface area (Å²) in [5.41, 5.74) is -1.13. The third kappa shape index (κ3) is 3.80. The number of carbonyl (C=O) groups is 2. The Bertz CT molecular complexity index is 307. The van der Waals surface area contributed by atoms with Crippen LogP contribution in [0, 0.1) is 5.92 Å². The zero-order valence-electron chi connectivity index (χ0n) is 10.4. The first-order chi connectivity index (χ1) is 7.90. The molecule has 1 fully saturated rings. The number of carboxylic acids is 1. The SMILES string of the molecule is CSC(C)CNC(=O)NC(C)(C(=O)O)C1CC1. The monoisotopic (exact) mass is 260 g/mol. The number of amides is 2. The van der Waals surface area contributed by atoms with E-state index in [9.17, 15) is 9.59 Å². The van der Waals surface area contributed by atoms with Crippen LogP contribution in [-0.4, -0.2) is 40.7 Å². The lowest BCUT2D eigenvalue weighted by Gasteiger charge is -2.26. The highest BCUT2D eigenvalue weighted by Gasteiger charge is 2.48. The Hall–Kier alpha value is -0.910. The topological polar surface area (TPSA) is 78.4 Å². The summed E-state index contributed by atoms with van der Waals surface area (Å²) in [7, 11) is 0. The number of hydrogen-bond acceptors (Lipinski definition) is 3. The van der Waals surface area contributed by atoms with Crippen molar-refractivity contribution < 1.29 is 14.7 Å². The summed E-state index contributed by atoms with van der Waals surface area (Å²) >= 11 is 1.65. The van der Waals surface area contributed by atoms with Crippen LogP contribution in [0.3, 0.4) is 0 Å². The molecule has 5 nitrogen and oxygen atoms in total. The molecule has 17 heavy (non-hydrogen) atoms. The van der Waals surface area contributed by atoms with E-state index in [0.717, 1.165) is 12.8 Å². The van der Waals surface area contributed by atoms with Crippen molar-refractivity contribution in [3.63, 3.8) is 0 Å². The summed E-state index contributed by atoms with van der Waals surface area (Å²) < 4.78 is 0. The molecule has 2 unspecified atom stereocenters. The molecule has 0 bridgehead atoms. The second kappa shape index (κ2) is 5.62. The molecule has 0 saturated heterocycles. The van der Waals surface area contributed by atoms with Gasteiger partial charge in [-0.05, 0) is 31.9 Å². The zero-order valence-corrected chi connectivity index (χ0v) is 11.3. The second-order valence-corrected chi connectivity index (χ2v) is 5.94. The molecule has 0 aliphatic heterocycles. The fraction of sp³-hybridized carbons (Fsp3) is 0.818. The highest BCUT2D eigenvalue weighted by molar-refractivity contribution is 7.99. The smallest absolute Gasteiger partial charge is 0.329 e. The lowest BCUT2D eigenvalue weighted by Crippen LogP contribution is -2.57. The molecule has 3 N–H and O–H groups in total. The molecule has 0 aromatic rings. The van der Waals surface area contributed by atoms with Crippen LogP contribution in [0.4, 0.5) is 4.79 Å². The van der Waals surface area contributed by atoms with Gasteiger partial charge in [-0.1, -0.05) is 6.92 Å². The van der Waals surface area contributed by atoms with Crippen molar-refractivity contribution >= 4 is 23.8 Å². The van der Waals surface area contributed by atoms with E-state index < -0.39 is 17.5 Å². The van der Waals surface area contributed by atoms with E-state index in [1.165, 1.54) is 0 Å². The molecule has 98 valence electrons. The largest absolute Gasteiger partial charge is 0.480 e. The van der Waals surface area contributed by atoms with Gasteiger partial charge < -0.3 is 15.7 Å². The van der Waals surface area contributed by atoms with Gasteiger partial charge in [0, 0.05) is 11.8 Å². The number of hydrogen-bond donors (Lipinski definition) is 3. The van der Waals surface area contributed by atoms with Gasteiger partial charge in [-0.2, -0.15) is 11.8 Å². The van der Waals surface area contributed by atoms with Gasteiger partial charge in [0.25, 0.3) is 0 Å². The fourth-order valence-electron chi connectivity index (χ4n) is 1.59. The van der Waals surface area contributed by atoms with Crippen molar-refractivity contribution in [1.29, 1.82) is 0 Å². The maximum Gasteiger partial charge on any atom is 0.329 e. The van der Waals surface area contributed by atoms with Crippen molar-refractivity contribution in [2.24, 2.45) is 5.92 Å². The van der Waals surface area contributed by atoms with E-state index in [1.54, 1.807) is 18.7 Å². The van der Waals surface area contributed by atoms with E-state index in [1.807, 2.05) is 13.2 Å². The number of urea groups is 1. The molecule has 6 heteroatoms. The fourth-order valence-corrected chi connectivity index (χ4v) is 1.84. The van der Waals surface area contributed by atoms with E-state index in [0.29, 0.717) is 11.8 Å². The quantitative estimate of drug-likeness (QED) is 0.672. The van der Waals surface area contributed by atoms with Crippen molar-refractivity contribution in [1.82, 2.24) is 10.6 Å². The van der Waals surface area contributed by atoms with Crippen LogP contribution in [0.1, 0.15) is 26.7 Å². The van der Waals surface area contributed by atoms with Gasteiger partial charge in [-0.3, -0.25) is 0 Å². The van der Waals surface area contributed by atoms with Crippen LogP contribution in [0.2, 0.25) is 0 Å². The normalized spacial score (nSPS) is 20.2. The number of carbonyl (C=O) groups excluding carboxylic acids is 1. The lowest BCUT2D eigenvalue weighted by molar-refractivity contribution is -0.144. The first-order valence-corrected chi connectivity index (χ1v) is 7.01. The van der Waals surface area contributed by atoms with Gasteiger partial charge in [0.15, 0.2) is 0 Å². The van der Waals surface area contributed by atoms with E-state index in [-0.39, 0.29) is 5.92 Å². The van der Waals surface area contributed by atoms with Gasteiger partial charge >= 0.3 is 12.0 Å². The van der Waals surface area contributed by atoms with E-state index in [4.69, 9.17) is 5.11 Å². The molecule has 1 rings (SSSR count). The van der Waals surface area contributed by atoms with Gasteiger partial charge in [-0.15, -0.1) is 0 Å². The van der Waals surface area contributed by atoms with Gasteiger partial charge in [0.2, 0.25) is 0 Å². The average molecular weight is 260 g/mol. The van der Waals surface area contributed by atoms with Crippen molar-refractivity contribution in [3.8, 4) is 0 Å². The van der Waals surface area contributed by atoms with Crippen molar-refractivity contribution in [2.75, 3.05) is 12.8 Å². The summed E-state index contributed by atoms with van der Waals surface area (Å²) in [6.07, 6.45) is 3.70. The molecule has 2 amide bonds. The van der Waals surface area contributed by atoms with Crippen LogP contribution < -0.4 is 10.6 Å². The number of aliphatic carboxylic acids is 1. The molecular formula is C11H20N2O3S. The number of thioether (sulfide) groups is 1. The predicted octanol–water partition coefficient (Wildman–Crippen LogP) is 1.29. The Labute approximate surface area is 106 Å². The average Bonchev–Trinajstić information content (AvgIpc) is 3.09. The maximum absolute atomic E-state index is 11.6. The maximum atomic E-state index is 11.6. The molecule has 0 radical (unpaired) electrons. The van der Waals surface area contributed by atoms with Gasteiger partial charge in [0.05, 0.1) is 0 Å². The van der Waals surface area contributed by atoms with Crippen molar-refractivity contribution in [2.45, 2.75) is 37.5 Å². The molecule has 0 aromatic carbocycles. The molecule has 1 saturated carbocycles. The summed E-state index contributed by atoms with van der Waals surface area (Å²) in [4.78, 5) is 22.8. The van der Waals surface area contributed by atoms with E-state index >= 15 is 0 Å². The minimum absolute atomic E-state index is 0.0590. The standard InChI is InChI=1S/C11H20N2O3S/c1-7(17-3)6-12-10(16)13-11(2,9(14)15)8-4-5-8/h7-8H,4-6H2,1-3H3,(H,14,15)(H2,12,13,16). The van der Waals surface area contributed by atoms with Crippen LogP contribution in [0.25, 0.3) is 0 Å². The Morgan fingerprint density at radius 2 is 2.12 bits per heavy atom. The minimum atomic E-state index is -1.13. The van der Waals surface area contributed by atoms with Crippen LogP contribution in [0.5, 0.6) is 0 Å². The molecule has 0 aromatic heterocycles. The molecule has 2 atom stereocenters. The van der Waals surface area contributed by atoms with Crippen molar-refractivity contribution in [3.05, 3.63) is 0 Å². The number of nitrogens with one attached hydrogen (secondary N) is 2. The predicted molar refractivity (Wildman–Crippen MR) is 68.3 cm³/mol. The third-order valence-corrected chi connectivity index (χ3v) is 4.14. The summed E-state index contributed by atoms with van der Waals surface area (Å²) in [5.74, 6) is -0.906. The number of carboxylic acid groups (broad SMARTS) is 1. The van der Waals surface area contributed by atoms with Crippen LogP contribution in [0.15, 0.2) is 0 Å². The first-order valence-electron chi connectivity index (χ1n) is 5.72. The third-order valence-electron chi connectivity index (χ3n) is 3.16. The van der Waals surface area contributed by atoms with Gasteiger partial charge in [-0.25, -0.2) is 9.59 Å². The summed E-state index contributed by atoms with van der Waals surface area (Å²) in [6.45, 7) is 4.11. The minimum Gasteiger partial charge on any atom is -0.480 e. The highest BCUT2D eigenvalue weighted by atomic mass is 32.2. The summed E-state index contributed by atoms with van der Waals surface area (Å²) in [5, 5.41) is 14.8. The Morgan fingerprint density at radius 3 is 2.53 bits per heavy atom. The Morgan fingerprint density at radius 1 is 1.53 bits per heavy atom. The first kappa shape index (κ1) is 14.2. The molecule has 1 aliphatic rings. The molecule has 0 spiro atoms.